The molecule has 1 N–H and O–H groups in total. The average molecular weight is 240 g/mol. The van der Waals surface area contributed by atoms with Crippen molar-refractivity contribution < 1.29 is 0 Å². The van der Waals surface area contributed by atoms with E-state index < -0.39 is 0 Å². The zero-order valence-electron chi connectivity index (χ0n) is 10.6. The summed E-state index contributed by atoms with van der Waals surface area (Å²) in [5, 5.41) is 12.5. The lowest BCUT2D eigenvalue weighted by Gasteiger charge is -2.22. The van der Waals surface area contributed by atoms with Gasteiger partial charge in [0.1, 0.15) is 0 Å². The normalized spacial score (nSPS) is 18.3. The first-order valence-electron chi connectivity index (χ1n) is 6.36. The number of nitrogens with one attached hydrogen (secondary N) is 1. The molecular formula is C13H24N2S. The summed E-state index contributed by atoms with van der Waals surface area (Å²) in [6.45, 7) is 5.18. The molecule has 0 aromatic carbocycles. The fraction of sp³-hybridized carbons (Fsp3) is 0.923. The molecule has 0 amide bonds. The molecule has 0 spiro atoms. The van der Waals surface area contributed by atoms with Crippen molar-refractivity contribution in [2.75, 3.05) is 18.1 Å². The number of unbranched alkanes of at least 4 members (excludes halogenated alkanes) is 1. The van der Waals surface area contributed by atoms with E-state index in [-0.39, 0.29) is 5.41 Å². The number of thioether (sulfide) groups is 1. The third-order valence-electron chi connectivity index (χ3n) is 3.19. The van der Waals surface area contributed by atoms with Crippen molar-refractivity contribution >= 4 is 11.8 Å². The molecule has 1 rings (SSSR count). The second kappa shape index (κ2) is 7.19. The molecule has 3 heteroatoms. The van der Waals surface area contributed by atoms with Gasteiger partial charge in [-0.05, 0) is 57.6 Å². The van der Waals surface area contributed by atoms with E-state index in [4.69, 9.17) is 5.26 Å². The van der Waals surface area contributed by atoms with Crippen molar-refractivity contribution in [1.82, 2.24) is 5.32 Å². The van der Waals surface area contributed by atoms with Crippen LogP contribution in [0.15, 0.2) is 0 Å². The van der Waals surface area contributed by atoms with Crippen LogP contribution in [-0.4, -0.2) is 24.1 Å². The highest BCUT2D eigenvalue weighted by Crippen LogP contribution is 2.21. The summed E-state index contributed by atoms with van der Waals surface area (Å²) < 4.78 is 0. The van der Waals surface area contributed by atoms with Gasteiger partial charge in [-0.1, -0.05) is 6.42 Å². The number of hydrogen-bond donors (Lipinski definition) is 1. The molecule has 1 aliphatic heterocycles. The second-order valence-electron chi connectivity index (χ2n) is 5.29. The summed E-state index contributed by atoms with van der Waals surface area (Å²) in [6.07, 6.45) is 6.04. The Hall–Kier alpha value is -0.200. The number of nitrogens with zero attached hydrogens (tertiary/aromatic N) is 1. The molecule has 0 saturated carbocycles. The molecule has 16 heavy (non-hydrogen) atoms. The first-order chi connectivity index (χ1) is 7.64. The van der Waals surface area contributed by atoms with Gasteiger partial charge in [-0.3, -0.25) is 0 Å². The van der Waals surface area contributed by atoms with Crippen LogP contribution in [0.3, 0.4) is 0 Å². The van der Waals surface area contributed by atoms with E-state index >= 15 is 0 Å². The Morgan fingerprint density at radius 1 is 1.31 bits per heavy atom. The predicted octanol–water partition coefficient (Wildman–Crippen LogP) is 3.19. The van der Waals surface area contributed by atoms with E-state index in [2.05, 4.69) is 23.1 Å². The molecule has 92 valence electrons. The van der Waals surface area contributed by atoms with Crippen LogP contribution in [0.2, 0.25) is 0 Å². The SMILES string of the molecule is CC(C)(C#N)CCCCNC1CCSCC1. The molecule has 2 nitrogen and oxygen atoms in total. The van der Waals surface area contributed by atoms with Gasteiger partial charge in [0.05, 0.1) is 11.5 Å². The first kappa shape index (κ1) is 13.9. The fourth-order valence-electron chi connectivity index (χ4n) is 1.96. The molecule has 0 aromatic heterocycles. The van der Waals surface area contributed by atoms with Crippen molar-refractivity contribution in [3.8, 4) is 6.07 Å². The predicted molar refractivity (Wildman–Crippen MR) is 71.6 cm³/mol. The topological polar surface area (TPSA) is 35.8 Å². The lowest BCUT2D eigenvalue weighted by molar-refractivity contribution is 0.409. The number of nitriles is 1. The first-order valence-corrected chi connectivity index (χ1v) is 7.52. The fourth-order valence-corrected chi connectivity index (χ4v) is 3.06. The van der Waals surface area contributed by atoms with Gasteiger partial charge in [-0.2, -0.15) is 17.0 Å². The van der Waals surface area contributed by atoms with E-state index in [1.54, 1.807) is 0 Å². The Bertz CT molecular complexity index is 227. The Morgan fingerprint density at radius 3 is 2.62 bits per heavy atom. The standard InChI is InChI=1S/C13H24N2S/c1-13(2,11-14)7-3-4-8-15-12-5-9-16-10-6-12/h12,15H,3-10H2,1-2H3. The van der Waals surface area contributed by atoms with Crippen molar-refractivity contribution in [3.63, 3.8) is 0 Å². The van der Waals surface area contributed by atoms with Crippen LogP contribution in [0.1, 0.15) is 46.0 Å². The van der Waals surface area contributed by atoms with Gasteiger partial charge in [0.2, 0.25) is 0 Å². The van der Waals surface area contributed by atoms with E-state index in [1.165, 1.54) is 30.8 Å². The van der Waals surface area contributed by atoms with Crippen molar-refractivity contribution in [2.24, 2.45) is 5.41 Å². The zero-order valence-corrected chi connectivity index (χ0v) is 11.4. The van der Waals surface area contributed by atoms with Gasteiger partial charge < -0.3 is 5.32 Å². The lowest BCUT2D eigenvalue weighted by atomic mass is 9.89. The molecule has 1 heterocycles. The van der Waals surface area contributed by atoms with Crippen LogP contribution >= 0.6 is 11.8 Å². The summed E-state index contributed by atoms with van der Waals surface area (Å²) in [5.41, 5.74) is -0.137. The third-order valence-corrected chi connectivity index (χ3v) is 4.23. The van der Waals surface area contributed by atoms with Gasteiger partial charge in [-0.25, -0.2) is 0 Å². The zero-order chi connectivity index (χ0) is 11.9. The minimum absolute atomic E-state index is 0.137. The molecule has 0 unspecified atom stereocenters. The van der Waals surface area contributed by atoms with Crippen molar-refractivity contribution in [2.45, 2.75) is 52.0 Å². The molecule has 0 atom stereocenters. The molecular weight excluding hydrogens is 216 g/mol. The Balaban J connectivity index is 1.97. The number of hydrogen-bond acceptors (Lipinski definition) is 3. The van der Waals surface area contributed by atoms with Gasteiger partial charge >= 0.3 is 0 Å². The average Bonchev–Trinajstić information content (AvgIpc) is 2.30. The van der Waals surface area contributed by atoms with E-state index in [0.29, 0.717) is 0 Å². The highest BCUT2D eigenvalue weighted by molar-refractivity contribution is 7.99. The van der Waals surface area contributed by atoms with Gasteiger partial charge in [0.25, 0.3) is 0 Å². The smallest absolute Gasteiger partial charge is 0.0683 e. The molecule has 0 radical (unpaired) electrons. The lowest BCUT2D eigenvalue weighted by Crippen LogP contribution is -2.33. The Kier molecular flexibility index (Phi) is 6.23. The second-order valence-corrected chi connectivity index (χ2v) is 6.52. The van der Waals surface area contributed by atoms with Crippen LogP contribution in [0, 0.1) is 16.7 Å². The van der Waals surface area contributed by atoms with Crippen molar-refractivity contribution in [1.29, 1.82) is 5.26 Å². The maximum Gasteiger partial charge on any atom is 0.0683 e. The molecule has 0 aliphatic carbocycles. The van der Waals surface area contributed by atoms with Crippen LogP contribution < -0.4 is 5.32 Å². The quantitative estimate of drug-likeness (QED) is 0.724. The van der Waals surface area contributed by atoms with E-state index in [9.17, 15) is 0 Å². The Labute approximate surface area is 104 Å². The van der Waals surface area contributed by atoms with Crippen LogP contribution in [-0.2, 0) is 0 Å². The Morgan fingerprint density at radius 2 is 2.00 bits per heavy atom. The molecule has 1 aliphatic rings. The molecule has 0 aromatic rings. The summed E-state index contributed by atoms with van der Waals surface area (Å²) >= 11 is 2.07. The molecule has 1 saturated heterocycles. The third kappa shape index (κ3) is 5.77. The summed E-state index contributed by atoms with van der Waals surface area (Å²) in [4.78, 5) is 0. The van der Waals surface area contributed by atoms with Gasteiger partial charge in [0, 0.05) is 6.04 Å². The molecule has 1 fully saturated rings. The largest absolute Gasteiger partial charge is 0.314 e. The number of rotatable bonds is 6. The minimum atomic E-state index is -0.137. The van der Waals surface area contributed by atoms with Crippen LogP contribution in [0.25, 0.3) is 0 Å². The summed E-state index contributed by atoms with van der Waals surface area (Å²) in [7, 11) is 0. The highest BCUT2D eigenvalue weighted by Gasteiger charge is 2.16. The van der Waals surface area contributed by atoms with E-state index in [1.807, 2.05) is 13.8 Å². The molecule has 0 bridgehead atoms. The van der Waals surface area contributed by atoms with E-state index in [0.717, 1.165) is 25.4 Å². The monoisotopic (exact) mass is 240 g/mol. The maximum atomic E-state index is 8.89. The maximum absolute atomic E-state index is 8.89. The van der Waals surface area contributed by atoms with Crippen LogP contribution in [0.4, 0.5) is 0 Å². The van der Waals surface area contributed by atoms with Crippen LogP contribution in [0.5, 0.6) is 0 Å². The van der Waals surface area contributed by atoms with Gasteiger partial charge in [-0.15, -0.1) is 0 Å². The summed E-state index contributed by atoms with van der Waals surface area (Å²) in [5.74, 6) is 2.64. The van der Waals surface area contributed by atoms with Gasteiger partial charge in [0.15, 0.2) is 0 Å². The minimum Gasteiger partial charge on any atom is -0.314 e. The van der Waals surface area contributed by atoms with Crippen molar-refractivity contribution in [3.05, 3.63) is 0 Å². The highest BCUT2D eigenvalue weighted by atomic mass is 32.2. The summed E-state index contributed by atoms with van der Waals surface area (Å²) in [6, 6.07) is 3.11.